The van der Waals surface area contributed by atoms with Gasteiger partial charge < -0.3 is 25.2 Å². The van der Waals surface area contributed by atoms with E-state index in [1.807, 2.05) is 73.7 Å². The summed E-state index contributed by atoms with van der Waals surface area (Å²) in [7, 11) is 0. The van der Waals surface area contributed by atoms with Gasteiger partial charge in [-0.1, -0.05) is 79.3 Å². The van der Waals surface area contributed by atoms with Crippen LogP contribution in [0.4, 0.5) is 4.79 Å². The van der Waals surface area contributed by atoms with Gasteiger partial charge in [0.05, 0.1) is 29.0 Å². The highest BCUT2D eigenvalue weighted by Crippen LogP contribution is 2.43. The second-order valence-electron chi connectivity index (χ2n) is 9.54. The zero-order valence-corrected chi connectivity index (χ0v) is 23.6. The molecular formula is C30H33N3O4S2. The molecule has 0 aliphatic carbocycles. The van der Waals surface area contributed by atoms with Crippen LogP contribution in [0.3, 0.4) is 0 Å². The Labute approximate surface area is 237 Å². The van der Waals surface area contributed by atoms with Crippen molar-refractivity contribution in [3.8, 4) is 0 Å². The molecule has 5 rings (SSSR count). The van der Waals surface area contributed by atoms with Crippen molar-refractivity contribution in [1.29, 1.82) is 0 Å². The SMILES string of the molecule is CCNC(=O)NCc1ccc([C@@H]2O[C@H](CSc3nc4ccccc4s3)[C@H](C)[C@H](c3ccc(CO)cc3)O2)cc1. The second-order valence-corrected chi connectivity index (χ2v) is 11.8. The molecule has 0 unspecified atom stereocenters. The van der Waals surface area contributed by atoms with Gasteiger partial charge in [-0.05, 0) is 35.7 Å². The van der Waals surface area contributed by atoms with Gasteiger partial charge in [0.2, 0.25) is 0 Å². The molecule has 39 heavy (non-hydrogen) atoms. The number of fused-ring (bicyclic) bond motifs is 1. The molecule has 0 radical (unpaired) electrons. The smallest absolute Gasteiger partial charge is 0.315 e. The number of urea groups is 1. The number of aromatic nitrogens is 1. The van der Waals surface area contributed by atoms with E-state index in [2.05, 4.69) is 23.6 Å². The Kier molecular flexibility index (Phi) is 9.16. The third-order valence-electron chi connectivity index (χ3n) is 6.81. The first-order chi connectivity index (χ1) is 19.0. The molecule has 4 aromatic rings. The quantitative estimate of drug-likeness (QED) is 0.210. The molecule has 0 bridgehead atoms. The molecule has 1 aromatic heterocycles. The molecule has 1 aliphatic heterocycles. The number of benzene rings is 3. The van der Waals surface area contributed by atoms with E-state index >= 15 is 0 Å². The number of carbonyl (C=O) groups is 1. The van der Waals surface area contributed by atoms with Crippen molar-refractivity contribution in [2.45, 2.75) is 49.8 Å². The number of thiazole rings is 1. The fourth-order valence-electron chi connectivity index (χ4n) is 4.57. The zero-order chi connectivity index (χ0) is 27.2. The van der Waals surface area contributed by atoms with Crippen LogP contribution in [0.2, 0.25) is 0 Å². The number of nitrogens with one attached hydrogen (secondary N) is 2. The maximum atomic E-state index is 11.7. The van der Waals surface area contributed by atoms with Crippen LogP contribution in [-0.4, -0.2) is 34.5 Å². The normalized spacial score (nSPS) is 21.1. The summed E-state index contributed by atoms with van der Waals surface area (Å²) >= 11 is 3.42. The fourth-order valence-corrected chi connectivity index (χ4v) is 6.83. The van der Waals surface area contributed by atoms with E-state index in [1.54, 1.807) is 23.1 Å². The van der Waals surface area contributed by atoms with E-state index in [0.29, 0.717) is 13.1 Å². The van der Waals surface area contributed by atoms with Crippen molar-refractivity contribution in [3.05, 3.63) is 95.1 Å². The van der Waals surface area contributed by atoms with E-state index in [4.69, 9.17) is 14.5 Å². The number of ether oxygens (including phenoxy) is 2. The van der Waals surface area contributed by atoms with Gasteiger partial charge in [0.25, 0.3) is 0 Å². The molecule has 3 N–H and O–H groups in total. The summed E-state index contributed by atoms with van der Waals surface area (Å²) in [5, 5.41) is 15.1. The Bertz CT molecular complexity index is 1340. The highest BCUT2D eigenvalue weighted by Gasteiger charge is 2.38. The molecule has 0 spiro atoms. The lowest BCUT2D eigenvalue weighted by molar-refractivity contribution is -0.268. The van der Waals surface area contributed by atoms with Crippen molar-refractivity contribution in [2.24, 2.45) is 5.92 Å². The number of nitrogens with zero attached hydrogens (tertiary/aromatic N) is 1. The predicted octanol–water partition coefficient (Wildman–Crippen LogP) is 6.19. The summed E-state index contributed by atoms with van der Waals surface area (Å²) in [6, 6.07) is 23.9. The summed E-state index contributed by atoms with van der Waals surface area (Å²) in [6.07, 6.45) is -0.769. The number of para-hydroxylation sites is 1. The number of rotatable bonds is 9. The predicted molar refractivity (Wildman–Crippen MR) is 156 cm³/mol. The maximum absolute atomic E-state index is 11.7. The monoisotopic (exact) mass is 563 g/mol. The molecule has 7 nitrogen and oxygen atoms in total. The zero-order valence-electron chi connectivity index (χ0n) is 22.0. The van der Waals surface area contributed by atoms with Crippen molar-refractivity contribution in [1.82, 2.24) is 15.6 Å². The minimum atomic E-state index is -0.532. The molecule has 9 heteroatoms. The van der Waals surface area contributed by atoms with Gasteiger partial charge in [-0.3, -0.25) is 0 Å². The Morgan fingerprint density at radius 3 is 2.41 bits per heavy atom. The molecule has 2 heterocycles. The van der Waals surface area contributed by atoms with Crippen LogP contribution in [0.25, 0.3) is 10.2 Å². The molecule has 2 amide bonds. The van der Waals surface area contributed by atoms with E-state index in [0.717, 1.165) is 37.9 Å². The summed E-state index contributed by atoms with van der Waals surface area (Å²) in [6.45, 7) is 5.09. The number of hydrogen-bond acceptors (Lipinski definition) is 7. The van der Waals surface area contributed by atoms with Gasteiger partial charge >= 0.3 is 6.03 Å². The number of aliphatic hydroxyl groups is 1. The lowest BCUT2D eigenvalue weighted by atomic mass is 9.91. The van der Waals surface area contributed by atoms with Gasteiger partial charge in [0.15, 0.2) is 10.6 Å². The highest BCUT2D eigenvalue weighted by atomic mass is 32.2. The molecular weight excluding hydrogens is 530 g/mol. The summed E-state index contributed by atoms with van der Waals surface area (Å²) < 4.78 is 15.3. The minimum absolute atomic E-state index is 0.00976. The number of thioether (sulfide) groups is 1. The maximum Gasteiger partial charge on any atom is 0.315 e. The number of carbonyl (C=O) groups excluding carboxylic acids is 1. The number of aliphatic hydroxyl groups excluding tert-OH is 1. The van der Waals surface area contributed by atoms with Crippen molar-refractivity contribution in [2.75, 3.05) is 12.3 Å². The van der Waals surface area contributed by atoms with Crippen LogP contribution in [0.15, 0.2) is 77.1 Å². The van der Waals surface area contributed by atoms with Crippen molar-refractivity contribution >= 4 is 39.3 Å². The average molecular weight is 564 g/mol. The Morgan fingerprint density at radius 2 is 1.69 bits per heavy atom. The first-order valence-electron chi connectivity index (χ1n) is 13.1. The lowest BCUT2D eigenvalue weighted by Gasteiger charge is -2.41. The molecule has 1 aliphatic rings. The van der Waals surface area contributed by atoms with Crippen LogP contribution >= 0.6 is 23.1 Å². The first-order valence-corrected chi connectivity index (χ1v) is 14.9. The molecule has 204 valence electrons. The van der Waals surface area contributed by atoms with Crippen molar-refractivity contribution in [3.63, 3.8) is 0 Å². The largest absolute Gasteiger partial charge is 0.392 e. The van der Waals surface area contributed by atoms with Crippen molar-refractivity contribution < 1.29 is 19.4 Å². The van der Waals surface area contributed by atoms with Crippen LogP contribution in [-0.2, 0) is 22.6 Å². The second kappa shape index (κ2) is 12.9. The van der Waals surface area contributed by atoms with Gasteiger partial charge in [-0.15, -0.1) is 11.3 Å². The van der Waals surface area contributed by atoms with Crippen LogP contribution in [0, 0.1) is 5.92 Å². The Balaban J connectivity index is 1.33. The van der Waals surface area contributed by atoms with Crippen LogP contribution in [0.5, 0.6) is 0 Å². The third-order valence-corrected chi connectivity index (χ3v) is 9.08. The summed E-state index contributed by atoms with van der Waals surface area (Å²) in [5.41, 5.74) is 4.87. The summed E-state index contributed by atoms with van der Waals surface area (Å²) in [5.74, 6) is 0.851. The fraction of sp³-hybridized carbons (Fsp3) is 0.333. The van der Waals surface area contributed by atoms with Gasteiger partial charge in [-0.25, -0.2) is 9.78 Å². The van der Waals surface area contributed by atoms with E-state index in [-0.39, 0.29) is 30.8 Å². The topological polar surface area (TPSA) is 92.7 Å². The molecule has 1 fully saturated rings. The van der Waals surface area contributed by atoms with E-state index < -0.39 is 6.29 Å². The van der Waals surface area contributed by atoms with Gasteiger partial charge in [-0.2, -0.15) is 0 Å². The van der Waals surface area contributed by atoms with Gasteiger partial charge in [0.1, 0.15) is 0 Å². The first kappa shape index (κ1) is 27.6. The molecule has 0 saturated carbocycles. The van der Waals surface area contributed by atoms with E-state index in [1.165, 1.54) is 4.70 Å². The molecule has 1 saturated heterocycles. The molecule has 4 atom stereocenters. The Hall–Kier alpha value is -2.95. The number of hydrogen-bond donors (Lipinski definition) is 3. The van der Waals surface area contributed by atoms with Crippen LogP contribution < -0.4 is 10.6 Å². The third kappa shape index (κ3) is 6.80. The standard InChI is InChI=1S/C30H33N3O4S2/c1-3-31-29(35)32-16-20-8-14-23(15-9-20)28-36-25(18-38-30-33-24-6-4-5-7-26(24)39-30)19(2)27(37-28)22-12-10-21(17-34)11-13-22/h4-15,19,25,27-28,34H,3,16-18H2,1-2H3,(H2,31,32,35)/t19-,25+,27+,28+/m0/s1. The highest BCUT2D eigenvalue weighted by molar-refractivity contribution is 8.01. The van der Waals surface area contributed by atoms with E-state index in [9.17, 15) is 9.90 Å². The molecule has 3 aromatic carbocycles. The lowest BCUT2D eigenvalue weighted by Crippen LogP contribution is -2.38. The van der Waals surface area contributed by atoms with Gasteiger partial charge in [0, 0.05) is 30.3 Å². The summed E-state index contributed by atoms with van der Waals surface area (Å²) in [4.78, 5) is 16.5. The van der Waals surface area contributed by atoms with Crippen LogP contribution in [0.1, 0.15) is 48.5 Å². The average Bonchev–Trinajstić information content (AvgIpc) is 3.39. The Morgan fingerprint density at radius 1 is 0.974 bits per heavy atom. The minimum Gasteiger partial charge on any atom is -0.392 e. The number of amides is 2.